The van der Waals surface area contributed by atoms with E-state index in [0.717, 1.165) is 24.3 Å². The molecule has 8 nitrogen and oxygen atoms in total. The van der Waals surface area contributed by atoms with Gasteiger partial charge in [-0.05, 0) is 74.2 Å². The first-order valence-electron chi connectivity index (χ1n) is 13.9. The monoisotopic (exact) mass is 528 g/mol. The van der Waals surface area contributed by atoms with E-state index in [1.165, 1.54) is 38.5 Å². The molecular formula is C30H44N2O6. The highest BCUT2D eigenvalue weighted by atomic mass is 16.6. The number of hydrogen-bond acceptors (Lipinski definition) is 6. The Morgan fingerprint density at radius 1 is 0.526 bits per heavy atom. The standard InChI is InChI=1S/C30H44N2O6/c1-3-5-7-9-21-35-27-17-13-25(14-18-27)31-29(33)37-23-11-12-24-38-30(34)32-26-15-19-28(20-16-26)36-22-10-8-6-4-2/h13-20H,3-12,21-24H2,1-2H3,(H,31,33)(H,32,34). The molecule has 0 saturated carbocycles. The Morgan fingerprint density at radius 2 is 0.895 bits per heavy atom. The molecule has 0 radical (unpaired) electrons. The maximum Gasteiger partial charge on any atom is 0.411 e. The molecule has 0 fully saturated rings. The van der Waals surface area contributed by atoms with Gasteiger partial charge in [-0.2, -0.15) is 0 Å². The Balaban J connectivity index is 1.50. The second kappa shape index (κ2) is 19.7. The second-order valence-electron chi connectivity index (χ2n) is 9.10. The van der Waals surface area contributed by atoms with Crippen LogP contribution < -0.4 is 20.1 Å². The lowest BCUT2D eigenvalue weighted by atomic mass is 10.2. The fraction of sp³-hybridized carbons (Fsp3) is 0.533. The van der Waals surface area contributed by atoms with Gasteiger partial charge in [0.1, 0.15) is 11.5 Å². The molecule has 0 aliphatic rings. The highest BCUT2D eigenvalue weighted by Gasteiger charge is 2.06. The zero-order valence-corrected chi connectivity index (χ0v) is 23.0. The normalized spacial score (nSPS) is 10.5. The molecule has 0 aromatic heterocycles. The Kier molecular flexibility index (Phi) is 15.9. The van der Waals surface area contributed by atoms with E-state index in [4.69, 9.17) is 18.9 Å². The number of hydrogen-bond donors (Lipinski definition) is 2. The van der Waals surface area contributed by atoms with Gasteiger partial charge >= 0.3 is 12.2 Å². The number of unbranched alkanes of at least 4 members (excludes halogenated alkanes) is 7. The van der Waals surface area contributed by atoms with Gasteiger partial charge in [0, 0.05) is 11.4 Å². The number of ether oxygens (including phenoxy) is 4. The molecule has 0 unspecified atom stereocenters. The number of amides is 2. The van der Waals surface area contributed by atoms with Crippen LogP contribution in [0.3, 0.4) is 0 Å². The summed E-state index contributed by atoms with van der Waals surface area (Å²) in [6, 6.07) is 14.4. The van der Waals surface area contributed by atoms with Crippen molar-refractivity contribution < 1.29 is 28.5 Å². The zero-order chi connectivity index (χ0) is 27.3. The number of anilines is 2. The Labute approximate surface area is 227 Å². The third kappa shape index (κ3) is 14.4. The third-order valence-corrected chi connectivity index (χ3v) is 5.74. The van der Waals surface area contributed by atoms with E-state index in [9.17, 15) is 9.59 Å². The van der Waals surface area contributed by atoms with Gasteiger partial charge in [0.15, 0.2) is 0 Å². The van der Waals surface area contributed by atoms with Crippen LogP contribution in [0.15, 0.2) is 48.5 Å². The van der Waals surface area contributed by atoms with Gasteiger partial charge in [-0.25, -0.2) is 9.59 Å². The van der Waals surface area contributed by atoms with E-state index in [2.05, 4.69) is 24.5 Å². The summed E-state index contributed by atoms with van der Waals surface area (Å²) in [4.78, 5) is 23.9. The van der Waals surface area contributed by atoms with Gasteiger partial charge in [0.2, 0.25) is 0 Å². The topological polar surface area (TPSA) is 95.1 Å². The average molecular weight is 529 g/mol. The largest absolute Gasteiger partial charge is 0.494 e. The van der Waals surface area contributed by atoms with Gasteiger partial charge < -0.3 is 18.9 Å². The lowest BCUT2D eigenvalue weighted by molar-refractivity contribution is 0.143. The van der Waals surface area contributed by atoms with E-state index >= 15 is 0 Å². The molecule has 2 amide bonds. The molecule has 2 aromatic carbocycles. The van der Waals surface area contributed by atoms with Crippen molar-refractivity contribution in [1.82, 2.24) is 0 Å². The Morgan fingerprint density at radius 3 is 1.26 bits per heavy atom. The zero-order valence-electron chi connectivity index (χ0n) is 23.0. The van der Waals surface area contributed by atoms with Crippen LogP contribution in [-0.4, -0.2) is 38.6 Å². The maximum absolute atomic E-state index is 12.0. The summed E-state index contributed by atoms with van der Waals surface area (Å²) >= 11 is 0. The van der Waals surface area contributed by atoms with Crippen molar-refractivity contribution in [2.45, 2.75) is 78.1 Å². The number of rotatable bonds is 19. The molecule has 8 heteroatoms. The number of carbonyl (C=O) groups is 2. The van der Waals surface area contributed by atoms with Crippen molar-refractivity contribution in [1.29, 1.82) is 0 Å². The molecule has 38 heavy (non-hydrogen) atoms. The molecule has 2 N–H and O–H groups in total. The van der Waals surface area contributed by atoms with E-state index in [-0.39, 0.29) is 13.2 Å². The van der Waals surface area contributed by atoms with Crippen LogP contribution in [0.4, 0.5) is 21.0 Å². The minimum atomic E-state index is -0.523. The molecule has 0 atom stereocenters. The number of nitrogens with one attached hydrogen (secondary N) is 2. The van der Waals surface area contributed by atoms with Gasteiger partial charge in [0.25, 0.3) is 0 Å². The molecule has 0 aliphatic carbocycles. The van der Waals surface area contributed by atoms with Crippen molar-refractivity contribution in [2.24, 2.45) is 0 Å². The smallest absolute Gasteiger partial charge is 0.411 e. The van der Waals surface area contributed by atoms with Gasteiger partial charge in [-0.1, -0.05) is 52.4 Å². The van der Waals surface area contributed by atoms with Crippen LogP contribution >= 0.6 is 0 Å². The van der Waals surface area contributed by atoms with E-state index < -0.39 is 12.2 Å². The molecule has 0 aliphatic heterocycles. The van der Waals surface area contributed by atoms with E-state index in [0.29, 0.717) is 37.4 Å². The summed E-state index contributed by atoms with van der Waals surface area (Å²) < 4.78 is 21.8. The summed E-state index contributed by atoms with van der Waals surface area (Å²) in [6.45, 7) is 6.22. The lowest BCUT2D eigenvalue weighted by Crippen LogP contribution is -2.16. The first kappa shape index (κ1) is 30.8. The molecule has 0 bridgehead atoms. The summed E-state index contributed by atoms with van der Waals surface area (Å²) in [5, 5.41) is 5.38. The molecular weight excluding hydrogens is 484 g/mol. The maximum atomic E-state index is 12.0. The lowest BCUT2D eigenvalue weighted by Gasteiger charge is -2.10. The Hall–Kier alpha value is -3.42. The van der Waals surface area contributed by atoms with Crippen molar-refractivity contribution in [3.8, 4) is 11.5 Å². The highest BCUT2D eigenvalue weighted by Crippen LogP contribution is 2.18. The number of carbonyl (C=O) groups excluding carboxylic acids is 2. The molecule has 0 spiro atoms. The van der Waals surface area contributed by atoms with Crippen molar-refractivity contribution in [3.63, 3.8) is 0 Å². The van der Waals surface area contributed by atoms with Crippen LogP contribution in [0.2, 0.25) is 0 Å². The van der Waals surface area contributed by atoms with Crippen LogP contribution in [0.25, 0.3) is 0 Å². The van der Waals surface area contributed by atoms with E-state index in [1.807, 2.05) is 24.3 Å². The summed E-state index contributed by atoms with van der Waals surface area (Å²) in [5.41, 5.74) is 1.28. The van der Waals surface area contributed by atoms with Crippen LogP contribution in [0, 0.1) is 0 Å². The summed E-state index contributed by atoms with van der Waals surface area (Å²) in [5.74, 6) is 1.56. The minimum Gasteiger partial charge on any atom is -0.494 e. The fourth-order valence-electron chi connectivity index (χ4n) is 3.55. The van der Waals surface area contributed by atoms with Gasteiger partial charge in [-0.15, -0.1) is 0 Å². The third-order valence-electron chi connectivity index (χ3n) is 5.74. The van der Waals surface area contributed by atoms with Crippen molar-refractivity contribution in [3.05, 3.63) is 48.5 Å². The van der Waals surface area contributed by atoms with Crippen LogP contribution in [-0.2, 0) is 9.47 Å². The fourth-order valence-corrected chi connectivity index (χ4v) is 3.55. The van der Waals surface area contributed by atoms with Crippen molar-refractivity contribution in [2.75, 3.05) is 37.1 Å². The summed E-state index contributed by atoms with van der Waals surface area (Å²) in [7, 11) is 0. The molecule has 0 heterocycles. The quantitative estimate of drug-likeness (QED) is 0.179. The van der Waals surface area contributed by atoms with E-state index in [1.54, 1.807) is 24.3 Å². The molecule has 0 saturated heterocycles. The van der Waals surface area contributed by atoms with Gasteiger partial charge in [-0.3, -0.25) is 10.6 Å². The predicted octanol–water partition coefficient (Wildman–Crippen LogP) is 8.18. The first-order valence-corrected chi connectivity index (χ1v) is 13.9. The number of benzene rings is 2. The highest BCUT2D eigenvalue weighted by molar-refractivity contribution is 5.85. The summed E-state index contributed by atoms with van der Waals surface area (Å²) in [6.07, 6.45) is 9.39. The van der Waals surface area contributed by atoms with Gasteiger partial charge in [0.05, 0.1) is 26.4 Å². The second-order valence-corrected chi connectivity index (χ2v) is 9.10. The van der Waals surface area contributed by atoms with Crippen LogP contribution in [0.1, 0.15) is 78.1 Å². The first-order chi connectivity index (χ1) is 18.6. The average Bonchev–Trinajstić information content (AvgIpc) is 2.92. The van der Waals surface area contributed by atoms with Crippen molar-refractivity contribution >= 4 is 23.6 Å². The molecule has 210 valence electrons. The Bertz CT molecular complexity index is 826. The van der Waals surface area contributed by atoms with Crippen LogP contribution in [0.5, 0.6) is 11.5 Å². The minimum absolute atomic E-state index is 0.232. The molecule has 2 aromatic rings. The molecule has 2 rings (SSSR count). The predicted molar refractivity (Wildman–Crippen MR) is 151 cm³/mol. The SMILES string of the molecule is CCCCCCOc1ccc(NC(=O)OCCCCOC(=O)Nc2ccc(OCCCCCC)cc2)cc1.